The van der Waals surface area contributed by atoms with Crippen LogP contribution in [-0.4, -0.2) is 5.78 Å². The summed E-state index contributed by atoms with van der Waals surface area (Å²) in [5.41, 5.74) is 0.298. The molecule has 1 heterocycles. The number of hydrogen-bond acceptors (Lipinski definition) is 3. The predicted octanol–water partition coefficient (Wildman–Crippen LogP) is 1.72. The topological polar surface area (TPSA) is 47.3 Å². The number of terminal acetylenes is 1. The summed E-state index contributed by atoms with van der Waals surface area (Å²) in [5.74, 6) is 2.75. The van der Waals surface area contributed by atoms with Crippen LogP contribution in [0.5, 0.6) is 0 Å². The highest BCUT2D eigenvalue weighted by atomic mass is 16.4. The fourth-order valence-electron chi connectivity index (χ4n) is 1.28. The lowest BCUT2D eigenvalue weighted by Gasteiger charge is -2.03. The summed E-state index contributed by atoms with van der Waals surface area (Å²) >= 11 is 0. The molecule has 1 aromatic rings. The zero-order valence-corrected chi connectivity index (χ0v) is 8.79. The van der Waals surface area contributed by atoms with Gasteiger partial charge in [0.1, 0.15) is 11.3 Å². The standard InChI is InChI=1S/C12H12O3/c1-4-5-6-11-8(2)7-10(9(3)13)12(14)15-11/h1,7H,5-6H2,2-3H3. The Morgan fingerprint density at radius 1 is 1.60 bits per heavy atom. The van der Waals surface area contributed by atoms with Crippen LogP contribution in [0.25, 0.3) is 0 Å². The normalized spacial score (nSPS) is 9.67. The molecule has 0 aliphatic heterocycles. The number of carbonyl (C=O) groups excluding carboxylic acids is 1. The minimum absolute atomic E-state index is 0.0944. The second-order valence-corrected chi connectivity index (χ2v) is 3.31. The van der Waals surface area contributed by atoms with E-state index >= 15 is 0 Å². The van der Waals surface area contributed by atoms with Gasteiger partial charge >= 0.3 is 5.63 Å². The van der Waals surface area contributed by atoms with Gasteiger partial charge < -0.3 is 4.42 Å². The fourth-order valence-corrected chi connectivity index (χ4v) is 1.28. The summed E-state index contributed by atoms with van der Waals surface area (Å²) in [6.07, 6.45) is 6.16. The van der Waals surface area contributed by atoms with Crippen LogP contribution in [0.4, 0.5) is 0 Å². The van der Waals surface area contributed by atoms with Crippen LogP contribution in [0.1, 0.15) is 35.0 Å². The van der Waals surface area contributed by atoms with E-state index in [1.54, 1.807) is 13.0 Å². The Morgan fingerprint density at radius 2 is 2.27 bits per heavy atom. The first-order valence-electron chi connectivity index (χ1n) is 4.64. The van der Waals surface area contributed by atoms with Crippen molar-refractivity contribution in [2.45, 2.75) is 26.7 Å². The zero-order valence-electron chi connectivity index (χ0n) is 8.79. The monoisotopic (exact) mass is 204 g/mol. The van der Waals surface area contributed by atoms with Gasteiger partial charge in [-0.3, -0.25) is 4.79 Å². The first-order chi connectivity index (χ1) is 7.06. The van der Waals surface area contributed by atoms with E-state index in [0.29, 0.717) is 18.6 Å². The van der Waals surface area contributed by atoms with Gasteiger partial charge in [0.15, 0.2) is 5.78 Å². The Balaban J connectivity index is 3.15. The van der Waals surface area contributed by atoms with Crippen molar-refractivity contribution in [1.29, 1.82) is 0 Å². The van der Waals surface area contributed by atoms with Crippen LogP contribution < -0.4 is 5.63 Å². The molecule has 0 aromatic carbocycles. The van der Waals surface area contributed by atoms with Gasteiger partial charge in [0.2, 0.25) is 0 Å². The molecular formula is C12H12O3. The van der Waals surface area contributed by atoms with E-state index in [2.05, 4.69) is 5.92 Å². The minimum atomic E-state index is -0.583. The second kappa shape index (κ2) is 4.61. The molecule has 1 rings (SSSR count). The van der Waals surface area contributed by atoms with Crippen molar-refractivity contribution < 1.29 is 9.21 Å². The molecule has 0 unspecified atom stereocenters. The van der Waals surface area contributed by atoms with Crippen LogP contribution in [0.15, 0.2) is 15.3 Å². The Kier molecular flexibility index (Phi) is 3.46. The molecule has 0 aliphatic rings. The van der Waals surface area contributed by atoms with E-state index in [1.807, 2.05) is 0 Å². The molecular weight excluding hydrogens is 192 g/mol. The molecule has 0 amide bonds. The molecule has 0 saturated heterocycles. The predicted molar refractivity (Wildman–Crippen MR) is 56.9 cm³/mol. The maximum atomic E-state index is 11.4. The van der Waals surface area contributed by atoms with Crippen molar-refractivity contribution in [3.05, 3.63) is 33.4 Å². The van der Waals surface area contributed by atoms with Crippen molar-refractivity contribution >= 4 is 5.78 Å². The summed E-state index contributed by atoms with van der Waals surface area (Å²) in [6, 6.07) is 1.56. The third-order valence-electron chi connectivity index (χ3n) is 2.11. The summed E-state index contributed by atoms with van der Waals surface area (Å²) < 4.78 is 5.03. The molecule has 1 aromatic heterocycles. The fraction of sp³-hybridized carbons (Fsp3) is 0.333. The van der Waals surface area contributed by atoms with Crippen molar-refractivity contribution in [3.8, 4) is 12.3 Å². The maximum Gasteiger partial charge on any atom is 0.346 e. The molecule has 0 N–H and O–H groups in total. The van der Waals surface area contributed by atoms with Crippen LogP contribution in [0, 0.1) is 19.3 Å². The van der Waals surface area contributed by atoms with Gasteiger partial charge in [-0.15, -0.1) is 12.3 Å². The Morgan fingerprint density at radius 3 is 2.80 bits per heavy atom. The molecule has 0 spiro atoms. The van der Waals surface area contributed by atoms with Crippen LogP contribution in [0.3, 0.4) is 0 Å². The lowest BCUT2D eigenvalue weighted by molar-refractivity contribution is 0.101. The third-order valence-corrected chi connectivity index (χ3v) is 2.11. The minimum Gasteiger partial charge on any atom is -0.427 e. The number of rotatable bonds is 3. The highest BCUT2D eigenvalue weighted by molar-refractivity contribution is 5.93. The SMILES string of the molecule is C#CCCc1oc(=O)c(C(C)=O)cc1C. The van der Waals surface area contributed by atoms with Gasteiger partial charge in [-0.25, -0.2) is 4.79 Å². The average Bonchev–Trinajstić information content (AvgIpc) is 2.18. The summed E-state index contributed by atoms with van der Waals surface area (Å²) in [6.45, 7) is 3.13. The van der Waals surface area contributed by atoms with Crippen molar-refractivity contribution in [1.82, 2.24) is 0 Å². The van der Waals surface area contributed by atoms with E-state index in [1.165, 1.54) is 6.92 Å². The number of ketones is 1. The Bertz CT molecular complexity index is 475. The summed E-state index contributed by atoms with van der Waals surface area (Å²) in [5, 5.41) is 0. The van der Waals surface area contributed by atoms with Crippen molar-refractivity contribution in [3.63, 3.8) is 0 Å². The Labute approximate surface area is 88.1 Å². The summed E-state index contributed by atoms with van der Waals surface area (Å²) in [4.78, 5) is 22.4. The van der Waals surface area contributed by atoms with Gasteiger partial charge in [-0.1, -0.05) is 0 Å². The highest BCUT2D eigenvalue weighted by Gasteiger charge is 2.10. The van der Waals surface area contributed by atoms with E-state index < -0.39 is 5.63 Å². The van der Waals surface area contributed by atoms with Gasteiger partial charge in [-0.2, -0.15) is 0 Å². The lowest BCUT2D eigenvalue weighted by Crippen LogP contribution is -2.13. The smallest absolute Gasteiger partial charge is 0.346 e. The largest absolute Gasteiger partial charge is 0.427 e. The highest BCUT2D eigenvalue weighted by Crippen LogP contribution is 2.09. The molecule has 3 nitrogen and oxygen atoms in total. The Hall–Kier alpha value is -1.82. The van der Waals surface area contributed by atoms with Crippen LogP contribution >= 0.6 is 0 Å². The molecule has 0 saturated carbocycles. The van der Waals surface area contributed by atoms with E-state index in [0.717, 1.165) is 5.56 Å². The molecule has 0 radical (unpaired) electrons. The quantitative estimate of drug-likeness (QED) is 0.556. The first-order valence-corrected chi connectivity index (χ1v) is 4.64. The summed E-state index contributed by atoms with van der Waals surface area (Å²) in [7, 11) is 0. The van der Waals surface area contributed by atoms with Gasteiger partial charge in [0.25, 0.3) is 0 Å². The van der Waals surface area contributed by atoms with Crippen molar-refractivity contribution in [2.75, 3.05) is 0 Å². The molecule has 15 heavy (non-hydrogen) atoms. The average molecular weight is 204 g/mol. The number of aryl methyl sites for hydroxylation is 2. The molecule has 0 aliphatic carbocycles. The van der Waals surface area contributed by atoms with E-state index in [9.17, 15) is 9.59 Å². The van der Waals surface area contributed by atoms with Gasteiger partial charge in [0.05, 0.1) is 0 Å². The number of Topliss-reactive ketones (excluding diaryl/α,β-unsaturated/α-hetero) is 1. The second-order valence-electron chi connectivity index (χ2n) is 3.31. The molecule has 0 atom stereocenters. The zero-order chi connectivity index (χ0) is 11.4. The molecule has 3 heteroatoms. The van der Waals surface area contributed by atoms with Crippen molar-refractivity contribution in [2.24, 2.45) is 0 Å². The van der Waals surface area contributed by atoms with Gasteiger partial charge in [-0.05, 0) is 25.5 Å². The third kappa shape index (κ3) is 2.57. The molecule has 0 bridgehead atoms. The maximum absolute atomic E-state index is 11.4. The van der Waals surface area contributed by atoms with E-state index in [-0.39, 0.29) is 11.3 Å². The van der Waals surface area contributed by atoms with Crippen LogP contribution in [0.2, 0.25) is 0 Å². The van der Waals surface area contributed by atoms with Crippen LogP contribution in [-0.2, 0) is 6.42 Å². The number of hydrogen-bond donors (Lipinski definition) is 0. The molecule has 0 fully saturated rings. The first kappa shape index (κ1) is 11.3. The van der Waals surface area contributed by atoms with Gasteiger partial charge in [0, 0.05) is 12.8 Å². The van der Waals surface area contributed by atoms with E-state index in [4.69, 9.17) is 10.8 Å². The lowest BCUT2D eigenvalue weighted by atomic mass is 10.1. The molecule has 78 valence electrons. The number of carbonyl (C=O) groups is 1.